The van der Waals surface area contributed by atoms with Crippen molar-refractivity contribution < 1.29 is 4.92 Å². The maximum Gasteiger partial charge on any atom is 0.290 e. The molecule has 0 aromatic carbocycles. The average molecular weight is 177 g/mol. The summed E-state index contributed by atoms with van der Waals surface area (Å²) in [6, 6.07) is 1.87. The molecule has 66 valence electrons. The molecule has 5 heteroatoms. The first-order valence-corrected chi connectivity index (χ1v) is 3.58. The fourth-order valence-corrected chi connectivity index (χ4v) is 0.986. The predicted molar refractivity (Wildman–Crippen MR) is 45.1 cm³/mol. The Labute approximate surface area is 74.8 Å². The summed E-state index contributed by atoms with van der Waals surface area (Å²) in [5.74, 6) is 0. The normalized spacial score (nSPS) is 9.31. The zero-order chi connectivity index (χ0) is 10.0. The van der Waals surface area contributed by atoms with Crippen molar-refractivity contribution in [3.8, 4) is 6.07 Å². The number of hydrogen-bond acceptors (Lipinski definition) is 4. The van der Waals surface area contributed by atoms with Gasteiger partial charge in [-0.05, 0) is 19.4 Å². The van der Waals surface area contributed by atoms with E-state index in [4.69, 9.17) is 5.26 Å². The Balaban J connectivity index is 3.42. The Bertz CT molecular complexity index is 407. The van der Waals surface area contributed by atoms with Gasteiger partial charge in [-0.1, -0.05) is 0 Å². The molecule has 0 amide bonds. The van der Waals surface area contributed by atoms with Crippen molar-refractivity contribution in [3.05, 3.63) is 33.1 Å². The number of nitriles is 1. The molecule has 0 bridgehead atoms. The molecular weight excluding hydrogens is 170 g/mol. The summed E-state index contributed by atoms with van der Waals surface area (Å²) in [6.07, 6.45) is 1.11. The molecule has 0 aliphatic rings. The first-order chi connectivity index (χ1) is 6.07. The van der Waals surface area contributed by atoms with Crippen LogP contribution in [0.3, 0.4) is 0 Å². The fraction of sp³-hybridized carbons (Fsp3) is 0.250. The Hall–Kier alpha value is -1.96. The van der Waals surface area contributed by atoms with Crippen molar-refractivity contribution in [3.63, 3.8) is 0 Å². The summed E-state index contributed by atoms with van der Waals surface area (Å²) < 4.78 is 0. The number of pyridine rings is 1. The van der Waals surface area contributed by atoms with Crippen molar-refractivity contribution in [2.45, 2.75) is 13.8 Å². The maximum atomic E-state index is 10.5. The van der Waals surface area contributed by atoms with Gasteiger partial charge < -0.3 is 0 Å². The van der Waals surface area contributed by atoms with Crippen molar-refractivity contribution in [2.24, 2.45) is 0 Å². The summed E-state index contributed by atoms with van der Waals surface area (Å²) in [4.78, 5) is 13.6. The van der Waals surface area contributed by atoms with Crippen LogP contribution in [0, 0.1) is 35.3 Å². The van der Waals surface area contributed by atoms with Gasteiger partial charge in [0.2, 0.25) is 0 Å². The van der Waals surface area contributed by atoms with Gasteiger partial charge in [-0.2, -0.15) is 5.26 Å². The van der Waals surface area contributed by atoms with Gasteiger partial charge in [-0.15, -0.1) is 0 Å². The lowest BCUT2D eigenvalue weighted by molar-refractivity contribution is -0.385. The highest BCUT2D eigenvalue weighted by Gasteiger charge is 2.15. The Morgan fingerprint density at radius 1 is 1.54 bits per heavy atom. The first-order valence-electron chi connectivity index (χ1n) is 3.58. The molecule has 1 aromatic heterocycles. The van der Waals surface area contributed by atoms with Gasteiger partial charge in [0.1, 0.15) is 18.0 Å². The molecule has 1 heterocycles. The molecular formula is C8H7N3O2. The molecule has 0 unspecified atom stereocenters. The molecule has 0 saturated heterocycles. The van der Waals surface area contributed by atoms with Crippen molar-refractivity contribution in [2.75, 3.05) is 0 Å². The van der Waals surface area contributed by atoms with Crippen LogP contribution in [0.2, 0.25) is 0 Å². The van der Waals surface area contributed by atoms with Gasteiger partial charge in [0.25, 0.3) is 5.69 Å². The van der Waals surface area contributed by atoms with Gasteiger partial charge in [-0.25, -0.2) is 4.98 Å². The van der Waals surface area contributed by atoms with E-state index in [-0.39, 0.29) is 11.4 Å². The summed E-state index contributed by atoms with van der Waals surface area (Å²) in [5, 5.41) is 19.0. The largest absolute Gasteiger partial charge is 0.290 e. The highest BCUT2D eigenvalue weighted by Crippen LogP contribution is 2.20. The van der Waals surface area contributed by atoms with Crippen molar-refractivity contribution >= 4 is 5.69 Å². The molecule has 0 radical (unpaired) electrons. The van der Waals surface area contributed by atoms with E-state index in [1.807, 2.05) is 6.07 Å². The SMILES string of the molecule is Cc1c([N+](=O)[O-])cnc(C#N)c1C. The van der Waals surface area contributed by atoms with Gasteiger partial charge in [0.15, 0.2) is 0 Å². The second kappa shape index (κ2) is 3.19. The lowest BCUT2D eigenvalue weighted by Gasteiger charge is -2.01. The van der Waals surface area contributed by atoms with Crippen LogP contribution < -0.4 is 0 Å². The van der Waals surface area contributed by atoms with Gasteiger partial charge in [0, 0.05) is 5.56 Å². The average Bonchev–Trinajstić information content (AvgIpc) is 2.09. The second-order valence-corrected chi connectivity index (χ2v) is 2.61. The third-order valence-corrected chi connectivity index (χ3v) is 1.92. The number of nitro groups is 1. The van der Waals surface area contributed by atoms with Crippen LogP contribution in [0.5, 0.6) is 0 Å². The molecule has 0 aliphatic carbocycles. The molecule has 0 saturated carbocycles. The fourth-order valence-electron chi connectivity index (χ4n) is 0.986. The van der Waals surface area contributed by atoms with E-state index in [1.54, 1.807) is 13.8 Å². The minimum atomic E-state index is -0.503. The molecule has 1 aromatic rings. The summed E-state index contributed by atoms with van der Waals surface area (Å²) >= 11 is 0. The Morgan fingerprint density at radius 3 is 2.62 bits per heavy atom. The number of aromatic nitrogens is 1. The van der Waals surface area contributed by atoms with E-state index in [2.05, 4.69) is 4.98 Å². The van der Waals surface area contributed by atoms with Crippen LogP contribution in [0.15, 0.2) is 6.20 Å². The van der Waals surface area contributed by atoms with E-state index in [1.165, 1.54) is 0 Å². The quantitative estimate of drug-likeness (QED) is 0.480. The minimum absolute atomic E-state index is 0.0449. The minimum Gasteiger partial charge on any atom is -0.258 e. The zero-order valence-electron chi connectivity index (χ0n) is 7.24. The van der Waals surface area contributed by atoms with Crippen LogP contribution in [0.25, 0.3) is 0 Å². The molecule has 5 nitrogen and oxygen atoms in total. The maximum absolute atomic E-state index is 10.5. The predicted octanol–water partition coefficient (Wildman–Crippen LogP) is 1.48. The van der Waals surface area contributed by atoms with Crippen molar-refractivity contribution in [1.29, 1.82) is 5.26 Å². The topological polar surface area (TPSA) is 79.8 Å². The van der Waals surface area contributed by atoms with Gasteiger partial charge in [-0.3, -0.25) is 10.1 Å². The number of nitrogens with zero attached hydrogens (tertiary/aromatic N) is 3. The molecule has 0 spiro atoms. The molecule has 1 rings (SSSR count). The lowest BCUT2D eigenvalue weighted by Crippen LogP contribution is -1.98. The smallest absolute Gasteiger partial charge is 0.258 e. The highest BCUT2D eigenvalue weighted by molar-refractivity contribution is 5.47. The van der Waals surface area contributed by atoms with Crippen LogP contribution in [-0.2, 0) is 0 Å². The van der Waals surface area contributed by atoms with Crippen LogP contribution >= 0.6 is 0 Å². The number of rotatable bonds is 1. The van der Waals surface area contributed by atoms with Gasteiger partial charge >= 0.3 is 0 Å². The number of hydrogen-bond donors (Lipinski definition) is 0. The van der Waals surface area contributed by atoms with Crippen LogP contribution in [-0.4, -0.2) is 9.91 Å². The molecule has 0 N–H and O–H groups in total. The van der Waals surface area contributed by atoms with E-state index < -0.39 is 4.92 Å². The highest BCUT2D eigenvalue weighted by atomic mass is 16.6. The van der Waals surface area contributed by atoms with E-state index >= 15 is 0 Å². The van der Waals surface area contributed by atoms with E-state index in [0.717, 1.165) is 6.20 Å². The standard InChI is InChI=1S/C8H7N3O2/c1-5-6(2)8(11(12)13)4-10-7(5)3-9/h4H,1-2H3. The monoisotopic (exact) mass is 177 g/mol. The van der Waals surface area contributed by atoms with Crippen molar-refractivity contribution in [1.82, 2.24) is 4.98 Å². The Kier molecular flexibility index (Phi) is 2.24. The summed E-state index contributed by atoms with van der Waals surface area (Å²) in [7, 11) is 0. The molecule has 0 aliphatic heterocycles. The lowest BCUT2D eigenvalue weighted by atomic mass is 10.1. The Morgan fingerprint density at radius 2 is 2.15 bits per heavy atom. The van der Waals surface area contributed by atoms with E-state index in [9.17, 15) is 10.1 Å². The third kappa shape index (κ3) is 1.47. The van der Waals surface area contributed by atoms with Crippen LogP contribution in [0.4, 0.5) is 5.69 Å². The van der Waals surface area contributed by atoms with E-state index in [0.29, 0.717) is 11.1 Å². The third-order valence-electron chi connectivity index (χ3n) is 1.92. The van der Waals surface area contributed by atoms with Crippen LogP contribution in [0.1, 0.15) is 16.8 Å². The summed E-state index contributed by atoms with van der Waals surface area (Å²) in [6.45, 7) is 3.25. The molecule has 0 atom stereocenters. The molecule has 13 heavy (non-hydrogen) atoms. The zero-order valence-corrected chi connectivity index (χ0v) is 7.24. The second-order valence-electron chi connectivity index (χ2n) is 2.61. The summed E-state index contributed by atoms with van der Waals surface area (Å²) in [5.41, 5.74) is 1.26. The molecule has 0 fully saturated rings. The first kappa shape index (κ1) is 9.13. The van der Waals surface area contributed by atoms with Gasteiger partial charge in [0.05, 0.1) is 4.92 Å².